The summed E-state index contributed by atoms with van der Waals surface area (Å²) >= 11 is 0. The predicted molar refractivity (Wildman–Crippen MR) is 51.3 cm³/mol. The van der Waals surface area contributed by atoms with Gasteiger partial charge < -0.3 is 10.3 Å². The van der Waals surface area contributed by atoms with Crippen LogP contribution in [-0.4, -0.2) is 19.5 Å². The lowest BCUT2D eigenvalue weighted by molar-refractivity contribution is 0.790. The molecule has 0 saturated carbocycles. The third-order valence-corrected chi connectivity index (χ3v) is 1.95. The highest BCUT2D eigenvalue weighted by Gasteiger charge is 2.12. The zero-order valence-electron chi connectivity index (χ0n) is 7.83. The predicted octanol–water partition coefficient (Wildman–Crippen LogP) is 0.258. The summed E-state index contributed by atoms with van der Waals surface area (Å²) in [6.45, 7) is 0. The van der Waals surface area contributed by atoms with Gasteiger partial charge in [0.2, 0.25) is 0 Å². The molecular formula is C9H11N5. The van der Waals surface area contributed by atoms with E-state index in [1.807, 2.05) is 17.8 Å². The highest BCUT2D eigenvalue weighted by atomic mass is 15.0. The Morgan fingerprint density at radius 1 is 1.29 bits per heavy atom. The minimum absolute atomic E-state index is 0.301. The van der Waals surface area contributed by atoms with Gasteiger partial charge >= 0.3 is 0 Å². The summed E-state index contributed by atoms with van der Waals surface area (Å²) in [5, 5.41) is 0. The van der Waals surface area contributed by atoms with Crippen LogP contribution in [0.5, 0.6) is 0 Å². The average Bonchev–Trinajstić information content (AvgIpc) is 2.65. The molecule has 2 N–H and O–H groups in total. The summed E-state index contributed by atoms with van der Waals surface area (Å²) in [5.41, 5.74) is 7.48. The van der Waals surface area contributed by atoms with Gasteiger partial charge in [-0.3, -0.25) is 9.97 Å². The maximum absolute atomic E-state index is 5.95. The molecule has 5 heteroatoms. The molecule has 2 aromatic rings. The van der Waals surface area contributed by atoms with E-state index in [-0.39, 0.29) is 6.04 Å². The Morgan fingerprint density at radius 2 is 2.14 bits per heavy atom. The van der Waals surface area contributed by atoms with Crippen molar-refractivity contribution in [1.29, 1.82) is 0 Å². The fourth-order valence-electron chi connectivity index (χ4n) is 1.22. The zero-order valence-corrected chi connectivity index (χ0v) is 7.83. The first-order valence-corrected chi connectivity index (χ1v) is 4.26. The Morgan fingerprint density at radius 3 is 2.71 bits per heavy atom. The van der Waals surface area contributed by atoms with E-state index in [2.05, 4.69) is 15.0 Å². The minimum atomic E-state index is -0.301. The van der Waals surface area contributed by atoms with Crippen molar-refractivity contribution in [3.63, 3.8) is 0 Å². The van der Waals surface area contributed by atoms with Gasteiger partial charge in [-0.15, -0.1) is 0 Å². The van der Waals surface area contributed by atoms with Crippen molar-refractivity contribution in [3.8, 4) is 0 Å². The van der Waals surface area contributed by atoms with Gasteiger partial charge in [0, 0.05) is 25.6 Å². The maximum Gasteiger partial charge on any atom is 0.0947 e. The number of hydrogen-bond donors (Lipinski definition) is 1. The molecule has 0 spiro atoms. The average molecular weight is 189 g/mol. The third kappa shape index (κ3) is 1.62. The molecule has 0 saturated heterocycles. The van der Waals surface area contributed by atoms with Gasteiger partial charge in [0.1, 0.15) is 0 Å². The fraction of sp³-hybridized carbons (Fsp3) is 0.222. The first kappa shape index (κ1) is 8.83. The van der Waals surface area contributed by atoms with Gasteiger partial charge in [-0.05, 0) is 0 Å². The van der Waals surface area contributed by atoms with Crippen LogP contribution in [0.4, 0.5) is 0 Å². The summed E-state index contributed by atoms with van der Waals surface area (Å²) in [6, 6.07) is -0.301. The molecule has 0 fully saturated rings. The van der Waals surface area contributed by atoms with Crippen molar-refractivity contribution in [2.75, 3.05) is 0 Å². The number of aromatic nitrogens is 4. The monoisotopic (exact) mass is 189 g/mol. The molecule has 1 unspecified atom stereocenters. The molecule has 14 heavy (non-hydrogen) atoms. The number of nitrogens with two attached hydrogens (primary N) is 1. The zero-order chi connectivity index (χ0) is 9.97. The van der Waals surface area contributed by atoms with Gasteiger partial charge in [0.15, 0.2) is 0 Å². The lowest BCUT2D eigenvalue weighted by Gasteiger charge is -2.06. The van der Waals surface area contributed by atoms with E-state index in [1.54, 1.807) is 24.9 Å². The summed E-state index contributed by atoms with van der Waals surface area (Å²) in [5.74, 6) is 0. The molecule has 0 bridgehead atoms. The van der Waals surface area contributed by atoms with E-state index in [9.17, 15) is 0 Å². The molecule has 72 valence electrons. The van der Waals surface area contributed by atoms with Crippen LogP contribution in [0.1, 0.15) is 17.4 Å². The topological polar surface area (TPSA) is 69.6 Å². The smallest absolute Gasteiger partial charge is 0.0947 e. The quantitative estimate of drug-likeness (QED) is 0.735. The maximum atomic E-state index is 5.95. The highest BCUT2D eigenvalue weighted by Crippen LogP contribution is 2.13. The number of rotatable bonds is 2. The second-order valence-corrected chi connectivity index (χ2v) is 3.07. The molecule has 2 aromatic heterocycles. The van der Waals surface area contributed by atoms with Crippen molar-refractivity contribution in [3.05, 3.63) is 42.5 Å². The lowest BCUT2D eigenvalue weighted by atomic mass is 10.2. The summed E-state index contributed by atoms with van der Waals surface area (Å²) in [6.07, 6.45) is 8.48. The Hall–Kier alpha value is -1.75. The van der Waals surface area contributed by atoms with E-state index < -0.39 is 0 Å². The molecule has 2 rings (SSSR count). The van der Waals surface area contributed by atoms with Crippen LogP contribution in [0.25, 0.3) is 0 Å². The molecular weight excluding hydrogens is 178 g/mol. The highest BCUT2D eigenvalue weighted by molar-refractivity contribution is 5.16. The molecule has 0 aliphatic rings. The SMILES string of the molecule is Cn1cnc(C(N)c2cnccn2)c1. The second-order valence-electron chi connectivity index (χ2n) is 3.07. The lowest BCUT2D eigenvalue weighted by Crippen LogP contribution is -2.14. The molecule has 0 aliphatic heterocycles. The minimum Gasteiger partial charge on any atom is -0.340 e. The Kier molecular flexibility index (Phi) is 2.24. The molecule has 1 atom stereocenters. The van der Waals surface area contributed by atoms with Gasteiger partial charge in [0.25, 0.3) is 0 Å². The second kappa shape index (κ2) is 3.55. The van der Waals surface area contributed by atoms with Crippen LogP contribution >= 0.6 is 0 Å². The molecule has 5 nitrogen and oxygen atoms in total. The number of imidazole rings is 1. The number of aryl methyl sites for hydroxylation is 1. The van der Waals surface area contributed by atoms with Crippen LogP contribution in [0.2, 0.25) is 0 Å². The van der Waals surface area contributed by atoms with Crippen LogP contribution in [0, 0.1) is 0 Å². The van der Waals surface area contributed by atoms with E-state index >= 15 is 0 Å². The first-order chi connectivity index (χ1) is 6.77. The first-order valence-electron chi connectivity index (χ1n) is 4.26. The standard InChI is InChI=1S/C9H11N5/c1-14-5-8(13-6-14)9(10)7-4-11-2-3-12-7/h2-6,9H,10H2,1H3. The Balaban J connectivity index is 2.29. The van der Waals surface area contributed by atoms with Crippen molar-refractivity contribution in [2.45, 2.75) is 6.04 Å². The van der Waals surface area contributed by atoms with Crippen LogP contribution in [0.15, 0.2) is 31.1 Å². The van der Waals surface area contributed by atoms with Gasteiger partial charge in [0.05, 0.1) is 30.0 Å². The van der Waals surface area contributed by atoms with Crippen LogP contribution < -0.4 is 5.73 Å². The van der Waals surface area contributed by atoms with E-state index in [0.29, 0.717) is 0 Å². The van der Waals surface area contributed by atoms with E-state index in [4.69, 9.17) is 5.73 Å². The largest absolute Gasteiger partial charge is 0.340 e. The summed E-state index contributed by atoms with van der Waals surface area (Å²) in [4.78, 5) is 12.3. The number of nitrogens with zero attached hydrogens (tertiary/aromatic N) is 4. The molecule has 0 radical (unpaired) electrons. The fourth-order valence-corrected chi connectivity index (χ4v) is 1.22. The third-order valence-electron chi connectivity index (χ3n) is 1.95. The van der Waals surface area contributed by atoms with Crippen LogP contribution in [-0.2, 0) is 7.05 Å². The Labute approximate surface area is 81.6 Å². The molecule has 0 aliphatic carbocycles. The molecule has 2 heterocycles. The molecule has 0 aromatic carbocycles. The van der Waals surface area contributed by atoms with Gasteiger partial charge in [-0.25, -0.2) is 4.98 Å². The van der Waals surface area contributed by atoms with Crippen molar-refractivity contribution < 1.29 is 0 Å². The summed E-state index contributed by atoms with van der Waals surface area (Å²) < 4.78 is 1.85. The van der Waals surface area contributed by atoms with E-state index in [0.717, 1.165) is 11.4 Å². The molecule has 0 amide bonds. The van der Waals surface area contributed by atoms with Crippen molar-refractivity contribution in [2.24, 2.45) is 12.8 Å². The summed E-state index contributed by atoms with van der Waals surface area (Å²) in [7, 11) is 1.90. The van der Waals surface area contributed by atoms with Gasteiger partial charge in [-0.2, -0.15) is 0 Å². The van der Waals surface area contributed by atoms with Crippen molar-refractivity contribution in [1.82, 2.24) is 19.5 Å². The number of hydrogen-bond acceptors (Lipinski definition) is 4. The van der Waals surface area contributed by atoms with Gasteiger partial charge in [-0.1, -0.05) is 0 Å². The Bertz CT molecular complexity index is 408. The van der Waals surface area contributed by atoms with Crippen LogP contribution in [0.3, 0.4) is 0 Å². The van der Waals surface area contributed by atoms with Crippen molar-refractivity contribution >= 4 is 0 Å². The normalized spacial score (nSPS) is 12.7. The van der Waals surface area contributed by atoms with E-state index in [1.165, 1.54) is 0 Å².